The fourth-order valence-electron chi connectivity index (χ4n) is 1.93. The molecule has 1 atom stereocenters. The van der Waals surface area contributed by atoms with Crippen LogP contribution >= 0.6 is 11.3 Å². The summed E-state index contributed by atoms with van der Waals surface area (Å²) in [6.45, 7) is 3.14. The van der Waals surface area contributed by atoms with Gasteiger partial charge in [-0.05, 0) is 19.0 Å². The molecular formula is C14H18N2OS. The summed E-state index contributed by atoms with van der Waals surface area (Å²) < 4.78 is 5.45. The second-order valence-electron chi connectivity index (χ2n) is 4.03. The number of nitrogens with zero attached hydrogens (tertiary/aromatic N) is 1. The lowest BCUT2D eigenvalue weighted by atomic mass is 10.0. The predicted molar refractivity (Wildman–Crippen MR) is 75.2 cm³/mol. The van der Waals surface area contributed by atoms with Crippen molar-refractivity contribution in [3.05, 3.63) is 46.4 Å². The molecule has 0 aliphatic carbocycles. The summed E-state index contributed by atoms with van der Waals surface area (Å²) >= 11 is 1.67. The third-order valence-electron chi connectivity index (χ3n) is 2.78. The lowest BCUT2D eigenvalue weighted by Gasteiger charge is -2.19. The second kappa shape index (κ2) is 6.52. The molecule has 2 aromatic rings. The average Bonchev–Trinajstić information content (AvgIpc) is 2.94. The fourth-order valence-corrected chi connectivity index (χ4v) is 2.64. The largest absolute Gasteiger partial charge is 0.496 e. The minimum absolute atomic E-state index is 0.161. The molecule has 0 aliphatic heterocycles. The molecule has 0 bridgehead atoms. The lowest BCUT2D eigenvalue weighted by Crippen LogP contribution is -2.22. The van der Waals surface area contributed by atoms with Crippen LogP contribution in [-0.2, 0) is 0 Å². The molecule has 1 heterocycles. The number of hydrogen-bond donors (Lipinski definition) is 1. The van der Waals surface area contributed by atoms with Gasteiger partial charge in [0.05, 0.1) is 18.7 Å². The molecule has 4 heteroatoms. The van der Waals surface area contributed by atoms with Crippen molar-refractivity contribution in [2.75, 3.05) is 13.7 Å². The Bertz CT molecular complexity index is 470. The Balaban J connectivity index is 2.33. The van der Waals surface area contributed by atoms with Crippen molar-refractivity contribution in [3.8, 4) is 5.75 Å². The average molecular weight is 262 g/mol. The second-order valence-corrected chi connectivity index (χ2v) is 4.95. The Kier molecular flexibility index (Phi) is 4.73. The molecule has 0 aliphatic rings. The van der Waals surface area contributed by atoms with Crippen molar-refractivity contribution < 1.29 is 4.74 Å². The van der Waals surface area contributed by atoms with Gasteiger partial charge < -0.3 is 10.1 Å². The summed E-state index contributed by atoms with van der Waals surface area (Å²) in [6.07, 6.45) is 3.02. The van der Waals surface area contributed by atoms with Crippen molar-refractivity contribution >= 4 is 11.3 Å². The van der Waals surface area contributed by atoms with Crippen LogP contribution in [0.1, 0.15) is 29.8 Å². The van der Waals surface area contributed by atoms with Gasteiger partial charge in [0.1, 0.15) is 5.75 Å². The van der Waals surface area contributed by atoms with Crippen LogP contribution in [0.4, 0.5) is 0 Å². The molecule has 0 fully saturated rings. The number of nitrogens with one attached hydrogen (secondary N) is 1. The molecule has 1 aromatic heterocycles. The van der Waals surface area contributed by atoms with Gasteiger partial charge in [-0.15, -0.1) is 11.3 Å². The molecule has 3 nitrogen and oxygen atoms in total. The van der Waals surface area contributed by atoms with Crippen molar-refractivity contribution in [3.63, 3.8) is 0 Å². The number of ether oxygens (including phenoxy) is 1. The van der Waals surface area contributed by atoms with Crippen LogP contribution in [-0.4, -0.2) is 18.6 Å². The van der Waals surface area contributed by atoms with Gasteiger partial charge in [-0.1, -0.05) is 25.1 Å². The van der Waals surface area contributed by atoms with E-state index < -0.39 is 0 Å². The van der Waals surface area contributed by atoms with Crippen LogP contribution in [0.25, 0.3) is 0 Å². The molecule has 0 saturated carbocycles. The monoisotopic (exact) mass is 262 g/mol. The standard InChI is InChI=1S/C14H18N2OS/c1-3-8-16-14(13-9-15-10-18-13)11-6-4-5-7-12(11)17-2/h4-7,9-10,14,16H,3,8H2,1-2H3. The van der Waals surface area contributed by atoms with Crippen LogP contribution in [0.5, 0.6) is 5.75 Å². The number of methoxy groups -OCH3 is 1. The van der Waals surface area contributed by atoms with Crippen LogP contribution in [0.2, 0.25) is 0 Å². The summed E-state index contributed by atoms with van der Waals surface area (Å²) in [5.41, 5.74) is 3.03. The van der Waals surface area contributed by atoms with Crippen LogP contribution < -0.4 is 10.1 Å². The van der Waals surface area contributed by atoms with Gasteiger partial charge in [0.15, 0.2) is 0 Å². The highest BCUT2D eigenvalue weighted by Gasteiger charge is 2.18. The number of benzene rings is 1. The first-order valence-corrected chi connectivity index (χ1v) is 6.99. The Labute approximate surface area is 112 Å². The SMILES string of the molecule is CCCNC(c1cncs1)c1ccccc1OC. The first kappa shape index (κ1) is 13.1. The third-order valence-corrected chi connectivity index (χ3v) is 3.62. The maximum Gasteiger partial charge on any atom is 0.124 e. The Morgan fingerprint density at radius 2 is 2.22 bits per heavy atom. The lowest BCUT2D eigenvalue weighted by molar-refractivity contribution is 0.404. The first-order valence-electron chi connectivity index (χ1n) is 6.11. The highest BCUT2D eigenvalue weighted by Crippen LogP contribution is 2.31. The van der Waals surface area contributed by atoms with E-state index in [2.05, 4.69) is 23.3 Å². The van der Waals surface area contributed by atoms with Crippen molar-refractivity contribution in [2.24, 2.45) is 0 Å². The predicted octanol–water partition coefficient (Wildman–Crippen LogP) is 3.24. The number of thiazole rings is 1. The van der Waals surface area contributed by atoms with Gasteiger partial charge in [0.2, 0.25) is 0 Å². The van der Waals surface area contributed by atoms with Gasteiger partial charge in [-0.3, -0.25) is 4.98 Å². The molecule has 1 aromatic carbocycles. The zero-order valence-electron chi connectivity index (χ0n) is 10.7. The van der Waals surface area contributed by atoms with E-state index in [-0.39, 0.29) is 6.04 Å². The Morgan fingerprint density at radius 3 is 2.89 bits per heavy atom. The number of aromatic nitrogens is 1. The maximum atomic E-state index is 5.45. The summed E-state index contributed by atoms with van der Waals surface area (Å²) in [4.78, 5) is 5.39. The van der Waals surface area contributed by atoms with Crippen LogP contribution in [0.3, 0.4) is 0 Å². The number of hydrogen-bond acceptors (Lipinski definition) is 4. The van der Waals surface area contributed by atoms with Gasteiger partial charge in [-0.2, -0.15) is 0 Å². The molecule has 18 heavy (non-hydrogen) atoms. The summed E-state index contributed by atoms with van der Waals surface area (Å²) in [5, 5.41) is 3.55. The smallest absolute Gasteiger partial charge is 0.124 e. The minimum atomic E-state index is 0.161. The van der Waals surface area contributed by atoms with E-state index in [1.165, 1.54) is 4.88 Å². The number of para-hydroxylation sites is 1. The molecule has 0 spiro atoms. The Morgan fingerprint density at radius 1 is 1.39 bits per heavy atom. The van der Waals surface area contributed by atoms with Crippen molar-refractivity contribution in [2.45, 2.75) is 19.4 Å². The fraction of sp³-hybridized carbons (Fsp3) is 0.357. The van der Waals surface area contributed by atoms with Gasteiger partial charge in [0, 0.05) is 16.6 Å². The zero-order chi connectivity index (χ0) is 12.8. The van der Waals surface area contributed by atoms with E-state index in [0.717, 1.165) is 24.3 Å². The van der Waals surface area contributed by atoms with E-state index >= 15 is 0 Å². The normalized spacial score (nSPS) is 12.3. The van der Waals surface area contributed by atoms with Gasteiger partial charge in [0.25, 0.3) is 0 Å². The molecule has 1 N–H and O–H groups in total. The molecule has 1 unspecified atom stereocenters. The molecule has 0 saturated heterocycles. The minimum Gasteiger partial charge on any atom is -0.496 e. The van der Waals surface area contributed by atoms with E-state index in [1.807, 2.05) is 29.9 Å². The van der Waals surface area contributed by atoms with E-state index in [0.29, 0.717) is 0 Å². The van der Waals surface area contributed by atoms with Gasteiger partial charge in [-0.25, -0.2) is 0 Å². The summed E-state index contributed by atoms with van der Waals surface area (Å²) in [5.74, 6) is 0.916. The third kappa shape index (κ3) is 2.89. The van der Waals surface area contributed by atoms with E-state index in [1.54, 1.807) is 18.4 Å². The number of rotatable bonds is 6. The summed E-state index contributed by atoms with van der Waals surface area (Å²) in [7, 11) is 1.71. The van der Waals surface area contributed by atoms with Crippen molar-refractivity contribution in [1.82, 2.24) is 10.3 Å². The van der Waals surface area contributed by atoms with Crippen LogP contribution in [0, 0.1) is 0 Å². The highest BCUT2D eigenvalue weighted by molar-refractivity contribution is 7.09. The van der Waals surface area contributed by atoms with Crippen molar-refractivity contribution in [1.29, 1.82) is 0 Å². The highest BCUT2D eigenvalue weighted by atomic mass is 32.1. The summed E-state index contributed by atoms with van der Waals surface area (Å²) in [6, 6.07) is 8.29. The first-order chi connectivity index (χ1) is 8.86. The molecule has 2 rings (SSSR count). The van der Waals surface area contributed by atoms with E-state index in [4.69, 9.17) is 4.74 Å². The van der Waals surface area contributed by atoms with E-state index in [9.17, 15) is 0 Å². The van der Waals surface area contributed by atoms with Crippen LogP contribution in [0.15, 0.2) is 36.0 Å². The molecule has 96 valence electrons. The molecule has 0 radical (unpaired) electrons. The quantitative estimate of drug-likeness (QED) is 0.867. The zero-order valence-corrected chi connectivity index (χ0v) is 11.5. The molecule has 0 amide bonds. The topological polar surface area (TPSA) is 34.2 Å². The Hall–Kier alpha value is -1.39. The van der Waals surface area contributed by atoms with Gasteiger partial charge >= 0.3 is 0 Å². The maximum absolute atomic E-state index is 5.45. The molecular weight excluding hydrogens is 244 g/mol.